The quantitative estimate of drug-likeness (QED) is 0.174. The minimum Gasteiger partial charge on any atom is -0.309 e. The van der Waals surface area contributed by atoms with Crippen LogP contribution in [-0.4, -0.2) is 0 Å². The summed E-state index contributed by atoms with van der Waals surface area (Å²) in [6.45, 7) is 54.1. The minimum atomic E-state index is -0.275. The number of fused-ring (bicyclic) bond motifs is 8. The largest absolute Gasteiger partial charge is 0.309 e. The second-order valence-electron chi connectivity index (χ2n) is 35.7. The van der Waals surface area contributed by atoms with Crippen LogP contribution in [0.3, 0.4) is 0 Å². The predicted molar refractivity (Wildman–Crippen MR) is 368 cm³/mol. The van der Waals surface area contributed by atoms with Crippen molar-refractivity contribution in [2.24, 2.45) is 10.8 Å². The van der Waals surface area contributed by atoms with Crippen molar-refractivity contribution in [1.29, 1.82) is 0 Å². The molecule has 0 saturated carbocycles. The molecule has 1 unspecified atom stereocenters. The van der Waals surface area contributed by atoms with Gasteiger partial charge in [-0.15, -0.1) is 0 Å². The number of benzene rings is 7. The van der Waals surface area contributed by atoms with E-state index in [0.29, 0.717) is 5.92 Å². The van der Waals surface area contributed by atoms with E-state index in [-0.39, 0.29) is 54.7 Å². The third-order valence-electron chi connectivity index (χ3n) is 23.0. The lowest BCUT2D eigenvalue weighted by molar-refractivity contribution is 0.203. The molecule has 0 saturated heterocycles. The van der Waals surface area contributed by atoms with Crippen molar-refractivity contribution in [2.75, 3.05) is 9.80 Å². The summed E-state index contributed by atoms with van der Waals surface area (Å²) in [6, 6.07) is 46.2. The van der Waals surface area contributed by atoms with Crippen molar-refractivity contribution in [1.82, 2.24) is 0 Å². The molecule has 0 aromatic heterocycles. The van der Waals surface area contributed by atoms with E-state index in [1.807, 2.05) is 0 Å². The van der Waals surface area contributed by atoms with Crippen LogP contribution in [0, 0.1) is 17.8 Å². The summed E-state index contributed by atoms with van der Waals surface area (Å²) in [5.74, 6) is 0.624. The number of hydrogen-bond donors (Lipinski definition) is 0. The van der Waals surface area contributed by atoms with Crippen LogP contribution in [0.15, 0.2) is 115 Å². The summed E-state index contributed by atoms with van der Waals surface area (Å²) in [5, 5.41) is 0. The van der Waals surface area contributed by atoms with Gasteiger partial charge < -0.3 is 9.80 Å². The Hall–Kier alpha value is -6.12. The molecule has 0 spiro atoms. The number of rotatable bonds is 3. The molecule has 2 heteroatoms. The number of hydrogen-bond acceptors (Lipinski definition) is 2. The Labute approximate surface area is 519 Å². The van der Waals surface area contributed by atoms with Crippen LogP contribution < -0.4 is 9.80 Å². The first kappa shape index (κ1) is 57.6. The second kappa shape index (κ2) is 18.0. The molecule has 5 aliphatic carbocycles. The summed E-state index contributed by atoms with van der Waals surface area (Å²) >= 11 is 0. The summed E-state index contributed by atoms with van der Waals surface area (Å²) in [5.41, 5.74) is 37.2. The lowest BCUT2D eigenvalue weighted by Gasteiger charge is -2.50. The Kier molecular flexibility index (Phi) is 12.1. The van der Waals surface area contributed by atoms with Crippen LogP contribution in [0.1, 0.15) is 277 Å². The fourth-order valence-corrected chi connectivity index (χ4v) is 18.2. The van der Waals surface area contributed by atoms with Gasteiger partial charge in [0.2, 0.25) is 0 Å². The number of nitrogens with zero attached hydrogens (tertiary/aromatic N) is 2. The van der Waals surface area contributed by atoms with Crippen LogP contribution in [0.4, 0.5) is 28.4 Å². The van der Waals surface area contributed by atoms with Gasteiger partial charge in [-0.05, 0) is 239 Å². The molecule has 7 aromatic rings. The van der Waals surface area contributed by atoms with Crippen LogP contribution in [-0.2, 0) is 57.2 Å². The molecule has 0 amide bonds. The van der Waals surface area contributed by atoms with E-state index in [9.17, 15) is 0 Å². The average molecular weight is 1140 g/mol. The Morgan fingerprint density at radius 2 is 0.895 bits per heavy atom. The van der Waals surface area contributed by atoms with Crippen molar-refractivity contribution in [3.8, 4) is 11.1 Å². The van der Waals surface area contributed by atoms with Gasteiger partial charge in [-0.25, -0.2) is 0 Å². The molecular weight excluding hydrogens is 1040 g/mol. The summed E-state index contributed by atoms with van der Waals surface area (Å²) in [7, 11) is 0. The molecule has 2 aliphatic heterocycles. The van der Waals surface area contributed by atoms with E-state index in [2.05, 4.69) is 271 Å². The Morgan fingerprint density at radius 3 is 1.43 bits per heavy atom. The lowest BCUT2D eigenvalue weighted by Crippen LogP contribution is -2.41. The molecule has 0 bridgehead atoms. The van der Waals surface area contributed by atoms with E-state index in [4.69, 9.17) is 0 Å². The molecule has 7 aromatic carbocycles. The highest BCUT2D eigenvalue weighted by Crippen LogP contribution is 2.66. The monoisotopic (exact) mass is 1140 g/mol. The highest BCUT2D eigenvalue weighted by Gasteiger charge is 2.51. The molecule has 446 valence electrons. The van der Waals surface area contributed by atoms with E-state index in [1.54, 1.807) is 33.4 Å². The first-order chi connectivity index (χ1) is 39.8. The Morgan fingerprint density at radius 1 is 0.419 bits per heavy atom. The summed E-state index contributed by atoms with van der Waals surface area (Å²) in [4.78, 5) is 5.61. The van der Waals surface area contributed by atoms with Gasteiger partial charge in [0, 0.05) is 39.1 Å². The Balaban J connectivity index is 1.10. The minimum absolute atomic E-state index is 0.00905. The van der Waals surface area contributed by atoms with Gasteiger partial charge in [-0.1, -0.05) is 206 Å². The van der Waals surface area contributed by atoms with Gasteiger partial charge >= 0.3 is 0 Å². The second-order valence-corrected chi connectivity index (χ2v) is 35.7. The average Bonchev–Trinajstić information content (AvgIpc) is 1.05. The molecule has 7 aliphatic rings. The third kappa shape index (κ3) is 8.64. The highest BCUT2D eigenvalue weighted by atomic mass is 15.2. The molecule has 86 heavy (non-hydrogen) atoms. The molecule has 0 N–H and O–H groups in total. The van der Waals surface area contributed by atoms with E-state index < -0.39 is 0 Å². The molecular formula is C84H100N2. The normalized spacial score (nSPS) is 21.3. The Bertz CT molecular complexity index is 4050. The first-order valence-electron chi connectivity index (χ1n) is 33.3. The van der Waals surface area contributed by atoms with Crippen molar-refractivity contribution in [3.05, 3.63) is 209 Å². The maximum Gasteiger partial charge on any atom is 0.0542 e. The number of aryl methyl sites for hydroxylation is 1. The fourth-order valence-electron chi connectivity index (χ4n) is 18.2. The first-order valence-corrected chi connectivity index (χ1v) is 33.3. The van der Waals surface area contributed by atoms with Gasteiger partial charge in [0.15, 0.2) is 0 Å². The molecule has 2 nitrogen and oxygen atoms in total. The van der Waals surface area contributed by atoms with Crippen LogP contribution >= 0.6 is 0 Å². The van der Waals surface area contributed by atoms with Crippen molar-refractivity contribution in [3.63, 3.8) is 0 Å². The smallest absolute Gasteiger partial charge is 0.0542 e. The van der Waals surface area contributed by atoms with Gasteiger partial charge in [-0.3, -0.25) is 0 Å². The zero-order chi connectivity index (χ0) is 61.5. The molecule has 2 heterocycles. The van der Waals surface area contributed by atoms with Crippen molar-refractivity contribution in [2.45, 2.75) is 247 Å². The highest BCUT2D eigenvalue weighted by molar-refractivity contribution is 6.04. The van der Waals surface area contributed by atoms with Crippen LogP contribution in [0.2, 0.25) is 0 Å². The zero-order valence-corrected chi connectivity index (χ0v) is 56.9. The van der Waals surface area contributed by atoms with Gasteiger partial charge in [0.05, 0.1) is 28.4 Å². The maximum absolute atomic E-state index is 2.83. The van der Waals surface area contributed by atoms with Gasteiger partial charge in [0.1, 0.15) is 0 Å². The van der Waals surface area contributed by atoms with E-state index in [1.165, 1.54) is 138 Å². The van der Waals surface area contributed by atoms with Crippen molar-refractivity contribution >= 4 is 34.1 Å². The molecule has 1 atom stereocenters. The van der Waals surface area contributed by atoms with Crippen LogP contribution in [0.25, 0.3) is 16.8 Å². The topological polar surface area (TPSA) is 6.48 Å². The number of anilines is 5. The molecule has 0 radical (unpaired) electrons. The van der Waals surface area contributed by atoms with Crippen molar-refractivity contribution < 1.29 is 0 Å². The lowest BCUT2D eigenvalue weighted by atomic mass is 9.55. The van der Waals surface area contributed by atoms with Gasteiger partial charge in [-0.2, -0.15) is 0 Å². The fraction of sp³-hybridized carbons (Fsp3) is 0.476. The zero-order valence-electron chi connectivity index (χ0n) is 56.9. The van der Waals surface area contributed by atoms with E-state index in [0.717, 1.165) is 19.3 Å². The number of allylic oxidation sites excluding steroid dienone is 1. The third-order valence-corrected chi connectivity index (χ3v) is 23.0. The summed E-state index contributed by atoms with van der Waals surface area (Å²) in [6.07, 6.45) is 8.08. The van der Waals surface area contributed by atoms with Crippen LogP contribution in [0.5, 0.6) is 0 Å². The molecule has 14 rings (SSSR count). The van der Waals surface area contributed by atoms with E-state index >= 15 is 0 Å². The van der Waals surface area contributed by atoms with Gasteiger partial charge in [0.25, 0.3) is 0 Å². The molecule has 0 fully saturated rings. The standard InChI is InChI=1S/C84H100N2/c1-48-33-70-74-71(34-48)86(68-30-29-56(78(8,9)10)38-58(68)49-23-26-54(27-24-49)76(2,3)4)69-43-67-64(83(19,20)65-41-62-63(42-66(65)84(67,21)22)82(17,18)32-31-81(62,15)16)40-60(69)73(74)61-37-50-25-28-55(77(5,6)7)39-59(50)75(61)85(70)57-35-51-44-79(11,12)46-53-47-80(13,14)45-52(36-57)72(51)53/h23-30,33-36,38-43,53,73H,31-32,37,44-47H2,1-22H3. The predicted octanol–water partition coefficient (Wildman–Crippen LogP) is 22.9. The maximum atomic E-state index is 2.83. The summed E-state index contributed by atoms with van der Waals surface area (Å²) < 4.78 is 0. The SMILES string of the molecule is Cc1cc2c3c(c1)N(c1ccc(C(C)(C)C)cc1-c1ccc(C(C)(C)C)cc1)c1cc4c(cc1C3C1=C(c3cc(C(C)(C)C)ccc3C1)N2c1cc2c3c(c1)CC(C)(C)CC3CC(C)(C)C2)C(C)(C)c1cc2c(cc1C4(C)C)C(C)(C)CCC2(C)C.